The molecular formula is C15H12Cl2N4OS. The Labute approximate surface area is 146 Å². The minimum absolute atomic E-state index is 0.201. The number of aromatic nitrogens is 3. The van der Waals surface area contributed by atoms with Crippen LogP contribution in [0, 0.1) is 6.92 Å². The fourth-order valence-electron chi connectivity index (χ4n) is 2.00. The highest BCUT2D eigenvalue weighted by molar-refractivity contribution is 7.11. The number of carbonyl (C=O) groups excluding carboxylic acids is 1. The number of rotatable bonds is 4. The van der Waals surface area contributed by atoms with Crippen LogP contribution in [0.2, 0.25) is 10.0 Å². The minimum Gasteiger partial charge on any atom is -0.347 e. The second-order valence-corrected chi connectivity index (χ2v) is 6.96. The van der Waals surface area contributed by atoms with Crippen molar-refractivity contribution in [3.63, 3.8) is 0 Å². The van der Waals surface area contributed by atoms with Crippen LogP contribution in [-0.4, -0.2) is 20.7 Å². The molecule has 0 fully saturated rings. The molecule has 0 radical (unpaired) electrons. The topological polar surface area (TPSA) is 59.8 Å². The summed E-state index contributed by atoms with van der Waals surface area (Å²) in [5.74, 6) is -0.201. The third-order valence-electron chi connectivity index (χ3n) is 3.09. The lowest BCUT2D eigenvalue weighted by atomic mass is 10.3. The first-order chi connectivity index (χ1) is 11.0. The monoisotopic (exact) mass is 366 g/mol. The van der Waals surface area contributed by atoms with Crippen molar-refractivity contribution in [1.82, 2.24) is 20.1 Å². The fourth-order valence-corrected chi connectivity index (χ4v) is 3.23. The number of nitrogens with zero attached hydrogens (tertiary/aromatic N) is 3. The van der Waals surface area contributed by atoms with Crippen molar-refractivity contribution in [2.45, 2.75) is 13.5 Å². The van der Waals surface area contributed by atoms with Crippen molar-refractivity contribution >= 4 is 40.4 Å². The summed E-state index contributed by atoms with van der Waals surface area (Å²) in [6, 6.07) is 5.10. The summed E-state index contributed by atoms with van der Waals surface area (Å²) >= 11 is 13.6. The third-order valence-corrected chi connectivity index (χ3v) is 4.54. The molecule has 0 saturated heterocycles. The number of nitrogens with one attached hydrogen (secondary N) is 1. The normalized spacial score (nSPS) is 10.7. The van der Waals surface area contributed by atoms with Gasteiger partial charge in [-0.15, -0.1) is 11.3 Å². The molecule has 3 rings (SSSR count). The molecule has 5 nitrogen and oxygen atoms in total. The van der Waals surface area contributed by atoms with Crippen molar-refractivity contribution in [3.8, 4) is 5.69 Å². The zero-order valence-corrected chi connectivity index (χ0v) is 14.4. The predicted molar refractivity (Wildman–Crippen MR) is 91.6 cm³/mol. The van der Waals surface area contributed by atoms with Crippen molar-refractivity contribution < 1.29 is 4.79 Å². The molecular weight excluding hydrogens is 355 g/mol. The minimum atomic E-state index is -0.201. The molecule has 0 bridgehead atoms. The quantitative estimate of drug-likeness (QED) is 0.762. The van der Waals surface area contributed by atoms with Crippen LogP contribution < -0.4 is 5.32 Å². The third kappa shape index (κ3) is 3.72. The molecule has 2 aromatic heterocycles. The van der Waals surface area contributed by atoms with E-state index in [-0.39, 0.29) is 5.91 Å². The van der Waals surface area contributed by atoms with E-state index >= 15 is 0 Å². The maximum absolute atomic E-state index is 12.2. The van der Waals surface area contributed by atoms with E-state index in [9.17, 15) is 4.79 Å². The Kier molecular flexibility index (Phi) is 4.66. The van der Waals surface area contributed by atoms with Gasteiger partial charge in [-0.05, 0) is 25.1 Å². The second kappa shape index (κ2) is 6.70. The Morgan fingerprint density at radius 2 is 2.17 bits per heavy atom. The van der Waals surface area contributed by atoms with E-state index in [4.69, 9.17) is 23.2 Å². The van der Waals surface area contributed by atoms with Gasteiger partial charge < -0.3 is 5.32 Å². The highest BCUT2D eigenvalue weighted by Gasteiger charge is 2.11. The van der Waals surface area contributed by atoms with Crippen molar-refractivity contribution in [2.75, 3.05) is 0 Å². The highest BCUT2D eigenvalue weighted by Crippen LogP contribution is 2.24. The van der Waals surface area contributed by atoms with Gasteiger partial charge in [0.25, 0.3) is 5.91 Å². The molecule has 8 heteroatoms. The number of hydrogen-bond donors (Lipinski definition) is 1. The molecule has 0 unspecified atom stereocenters. The average molecular weight is 367 g/mol. The Morgan fingerprint density at radius 1 is 1.35 bits per heavy atom. The first-order valence-electron chi connectivity index (χ1n) is 6.72. The van der Waals surface area contributed by atoms with Crippen molar-refractivity contribution in [2.24, 2.45) is 0 Å². The number of aryl methyl sites for hydroxylation is 1. The zero-order valence-electron chi connectivity index (χ0n) is 12.1. The molecule has 0 spiro atoms. The lowest BCUT2D eigenvalue weighted by Gasteiger charge is -2.04. The SMILES string of the molecule is Cc1ncc(CNC(=O)c2cnn(-c3ccc(Cl)cc3Cl)c2)s1. The van der Waals surface area contributed by atoms with Gasteiger partial charge in [0.1, 0.15) is 0 Å². The summed E-state index contributed by atoms with van der Waals surface area (Å²) in [6.45, 7) is 2.37. The molecule has 0 aliphatic rings. The summed E-state index contributed by atoms with van der Waals surface area (Å²) in [4.78, 5) is 17.3. The predicted octanol–water partition coefficient (Wildman–Crippen LogP) is 3.87. The van der Waals surface area contributed by atoms with E-state index < -0.39 is 0 Å². The number of halogens is 2. The smallest absolute Gasteiger partial charge is 0.254 e. The number of thiazole rings is 1. The van der Waals surface area contributed by atoms with Crippen LogP contribution in [0.5, 0.6) is 0 Å². The number of carbonyl (C=O) groups is 1. The van der Waals surface area contributed by atoms with Gasteiger partial charge in [0.2, 0.25) is 0 Å². The molecule has 23 heavy (non-hydrogen) atoms. The lowest BCUT2D eigenvalue weighted by molar-refractivity contribution is 0.0951. The molecule has 2 heterocycles. The molecule has 3 aromatic rings. The largest absolute Gasteiger partial charge is 0.347 e. The fraction of sp³-hybridized carbons (Fsp3) is 0.133. The summed E-state index contributed by atoms with van der Waals surface area (Å²) in [5.41, 5.74) is 1.12. The van der Waals surface area contributed by atoms with Crippen molar-refractivity contribution in [3.05, 3.63) is 62.3 Å². The number of benzene rings is 1. The summed E-state index contributed by atoms with van der Waals surface area (Å²) < 4.78 is 1.55. The standard InChI is InChI=1S/C15H12Cl2N4OS/c1-9-18-6-12(23-9)7-19-15(22)10-5-20-21(8-10)14-3-2-11(16)4-13(14)17/h2-6,8H,7H2,1H3,(H,19,22). The zero-order chi connectivity index (χ0) is 16.4. The van der Waals surface area contributed by atoms with Gasteiger partial charge in [0.05, 0.1) is 34.0 Å². The van der Waals surface area contributed by atoms with Gasteiger partial charge in [-0.25, -0.2) is 9.67 Å². The highest BCUT2D eigenvalue weighted by atomic mass is 35.5. The van der Waals surface area contributed by atoms with Gasteiger partial charge >= 0.3 is 0 Å². The van der Waals surface area contributed by atoms with Crippen LogP contribution in [0.3, 0.4) is 0 Å². The number of amides is 1. The van der Waals surface area contributed by atoms with E-state index in [1.165, 1.54) is 6.20 Å². The van der Waals surface area contributed by atoms with Gasteiger partial charge in [0.15, 0.2) is 0 Å². The molecule has 1 amide bonds. The van der Waals surface area contributed by atoms with Crippen LogP contribution in [0.1, 0.15) is 20.2 Å². The van der Waals surface area contributed by atoms with Crippen LogP contribution in [-0.2, 0) is 6.54 Å². The first kappa shape index (κ1) is 16.0. The van der Waals surface area contributed by atoms with E-state index in [0.29, 0.717) is 27.8 Å². The van der Waals surface area contributed by atoms with Crippen LogP contribution in [0.25, 0.3) is 5.69 Å². The first-order valence-corrected chi connectivity index (χ1v) is 8.30. The molecule has 118 valence electrons. The Bertz CT molecular complexity index is 859. The molecule has 0 atom stereocenters. The van der Waals surface area contributed by atoms with Gasteiger partial charge in [-0.2, -0.15) is 5.10 Å². The van der Waals surface area contributed by atoms with Crippen LogP contribution in [0.15, 0.2) is 36.8 Å². The van der Waals surface area contributed by atoms with E-state index in [1.807, 2.05) is 6.92 Å². The Hall–Kier alpha value is -1.89. The molecule has 0 saturated carbocycles. The number of hydrogen-bond acceptors (Lipinski definition) is 4. The maximum atomic E-state index is 12.2. The van der Waals surface area contributed by atoms with Crippen LogP contribution in [0.4, 0.5) is 0 Å². The van der Waals surface area contributed by atoms with Crippen LogP contribution >= 0.6 is 34.5 Å². The Balaban J connectivity index is 1.72. The van der Waals surface area contributed by atoms with Gasteiger partial charge in [0, 0.05) is 22.3 Å². The molecule has 1 N–H and O–H groups in total. The lowest BCUT2D eigenvalue weighted by Crippen LogP contribution is -2.21. The summed E-state index contributed by atoms with van der Waals surface area (Å²) in [5, 5.41) is 9.00. The molecule has 0 aliphatic heterocycles. The van der Waals surface area contributed by atoms with Gasteiger partial charge in [-0.1, -0.05) is 23.2 Å². The average Bonchev–Trinajstić information content (AvgIpc) is 3.14. The molecule has 0 aliphatic carbocycles. The van der Waals surface area contributed by atoms with Crippen molar-refractivity contribution in [1.29, 1.82) is 0 Å². The maximum Gasteiger partial charge on any atom is 0.254 e. The van der Waals surface area contributed by atoms with E-state index in [1.54, 1.807) is 46.6 Å². The summed E-state index contributed by atoms with van der Waals surface area (Å²) in [6.07, 6.45) is 4.89. The van der Waals surface area contributed by atoms with Gasteiger partial charge in [-0.3, -0.25) is 4.79 Å². The second-order valence-electron chi connectivity index (χ2n) is 4.80. The van der Waals surface area contributed by atoms with E-state index in [0.717, 1.165) is 9.88 Å². The summed E-state index contributed by atoms with van der Waals surface area (Å²) in [7, 11) is 0. The molecule has 1 aromatic carbocycles. The van der Waals surface area contributed by atoms with E-state index in [2.05, 4.69) is 15.4 Å². The Morgan fingerprint density at radius 3 is 2.87 bits per heavy atom.